The van der Waals surface area contributed by atoms with Crippen LogP contribution in [0.1, 0.15) is 24.0 Å². The van der Waals surface area contributed by atoms with Crippen molar-refractivity contribution < 1.29 is 19.4 Å². The standard InChI is InChI=1S/C18H14Cl2O5/c1-8-7-12(22)16(20)18-14(8)9(3-2-4-13(23)24)10-5-6-11(21)15(19)17(10)25-18/h5-7,21H,2-4H2,1H3,(H,23,24). The van der Waals surface area contributed by atoms with Gasteiger partial charge in [-0.15, -0.1) is 0 Å². The van der Waals surface area contributed by atoms with E-state index in [9.17, 15) is 14.7 Å². The van der Waals surface area contributed by atoms with Gasteiger partial charge in [0.05, 0.1) is 0 Å². The molecule has 1 aromatic rings. The second-order valence-corrected chi connectivity index (χ2v) is 6.57. The molecule has 2 aliphatic rings. The van der Waals surface area contributed by atoms with Crippen molar-refractivity contribution in [2.24, 2.45) is 0 Å². The Morgan fingerprint density at radius 1 is 1.24 bits per heavy atom. The summed E-state index contributed by atoms with van der Waals surface area (Å²) in [5, 5.41) is 19.3. The Morgan fingerprint density at radius 3 is 2.64 bits per heavy atom. The molecule has 1 heterocycles. The van der Waals surface area contributed by atoms with Gasteiger partial charge in [-0.3, -0.25) is 9.59 Å². The fourth-order valence-electron chi connectivity index (χ4n) is 3.00. The monoisotopic (exact) mass is 380 g/mol. The molecule has 25 heavy (non-hydrogen) atoms. The SMILES string of the molecule is Cc1cc(=O)c(Cl)c2oc3c(Cl)c(O)ccc3c(CCCC(=O)O)c1-2. The van der Waals surface area contributed by atoms with Crippen molar-refractivity contribution in [2.45, 2.75) is 26.2 Å². The number of benzene rings is 2. The Hall–Kier alpha value is -2.24. The van der Waals surface area contributed by atoms with E-state index in [1.54, 1.807) is 13.0 Å². The smallest absolute Gasteiger partial charge is 0.303 e. The lowest BCUT2D eigenvalue weighted by atomic mass is 9.92. The number of carbonyl (C=O) groups is 1. The topological polar surface area (TPSA) is 87.7 Å². The molecule has 0 bridgehead atoms. The first-order valence-corrected chi connectivity index (χ1v) is 8.34. The van der Waals surface area contributed by atoms with Crippen LogP contribution in [0, 0.1) is 6.92 Å². The lowest BCUT2D eigenvalue weighted by molar-refractivity contribution is -0.137. The first-order valence-electron chi connectivity index (χ1n) is 7.59. The summed E-state index contributed by atoms with van der Waals surface area (Å²) in [6.07, 6.45) is 0.845. The Balaban J connectivity index is 2.38. The minimum Gasteiger partial charge on any atom is -0.506 e. The van der Waals surface area contributed by atoms with Gasteiger partial charge in [0, 0.05) is 17.4 Å². The molecule has 0 radical (unpaired) electrons. The van der Waals surface area contributed by atoms with Crippen LogP contribution >= 0.6 is 23.2 Å². The van der Waals surface area contributed by atoms with Gasteiger partial charge in [-0.05, 0) is 49.1 Å². The van der Waals surface area contributed by atoms with Gasteiger partial charge in [-0.1, -0.05) is 23.2 Å². The van der Waals surface area contributed by atoms with Crippen LogP contribution < -0.4 is 5.43 Å². The number of carboxylic acid groups (broad SMARTS) is 1. The highest BCUT2D eigenvalue weighted by molar-refractivity contribution is 6.37. The third kappa shape index (κ3) is 3.05. The van der Waals surface area contributed by atoms with E-state index in [1.807, 2.05) is 0 Å². The zero-order chi connectivity index (χ0) is 18.3. The maximum absolute atomic E-state index is 12.0. The normalized spacial score (nSPS) is 11.3. The van der Waals surface area contributed by atoms with Crippen LogP contribution in [0.15, 0.2) is 27.4 Å². The molecule has 1 aromatic carbocycles. The summed E-state index contributed by atoms with van der Waals surface area (Å²) in [7, 11) is 0. The highest BCUT2D eigenvalue weighted by atomic mass is 35.5. The number of phenols is 1. The van der Waals surface area contributed by atoms with E-state index >= 15 is 0 Å². The molecule has 5 nitrogen and oxygen atoms in total. The number of carboxylic acids is 1. The van der Waals surface area contributed by atoms with E-state index in [4.69, 9.17) is 32.7 Å². The Morgan fingerprint density at radius 2 is 1.96 bits per heavy atom. The second-order valence-electron chi connectivity index (χ2n) is 5.81. The quantitative estimate of drug-likeness (QED) is 0.644. The Kier molecular flexibility index (Phi) is 4.62. The number of aromatic hydroxyl groups is 1. The minimum atomic E-state index is -0.887. The number of halogens is 2. The van der Waals surface area contributed by atoms with Gasteiger partial charge in [0.1, 0.15) is 15.8 Å². The van der Waals surface area contributed by atoms with E-state index in [-0.39, 0.29) is 39.0 Å². The molecule has 7 heteroatoms. The number of phenolic OH excluding ortho intramolecular Hbond substituents is 1. The summed E-state index contributed by atoms with van der Waals surface area (Å²) in [6.45, 7) is 1.77. The molecule has 1 aliphatic carbocycles. The van der Waals surface area contributed by atoms with Crippen molar-refractivity contribution in [3.05, 3.63) is 49.6 Å². The molecule has 0 unspecified atom stereocenters. The number of fused-ring (bicyclic) bond motifs is 2. The van der Waals surface area contributed by atoms with Crippen molar-refractivity contribution in [1.29, 1.82) is 0 Å². The van der Waals surface area contributed by atoms with E-state index in [0.29, 0.717) is 29.4 Å². The summed E-state index contributed by atoms with van der Waals surface area (Å²) in [4.78, 5) is 22.9. The molecule has 0 saturated heterocycles. The van der Waals surface area contributed by atoms with Gasteiger partial charge in [-0.2, -0.15) is 0 Å². The molecule has 0 aromatic heterocycles. The van der Waals surface area contributed by atoms with E-state index in [2.05, 4.69) is 0 Å². The third-order valence-corrected chi connectivity index (χ3v) is 4.83. The minimum absolute atomic E-state index is 0.00720. The zero-order valence-electron chi connectivity index (χ0n) is 13.2. The Labute approximate surface area is 152 Å². The molecule has 130 valence electrons. The number of aliphatic carboxylic acids is 1. The van der Waals surface area contributed by atoms with Crippen LogP contribution in [-0.2, 0) is 11.2 Å². The van der Waals surface area contributed by atoms with Crippen LogP contribution in [0.4, 0.5) is 0 Å². The largest absolute Gasteiger partial charge is 0.506 e. The van der Waals surface area contributed by atoms with Gasteiger partial charge < -0.3 is 14.6 Å². The number of aryl methyl sites for hydroxylation is 2. The van der Waals surface area contributed by atoms with Crippen LogP contribution in [-0.4, -0.2) is 16.2 Å². The highest BCUT2D eigenvalue weighted by Gasteiger charge is 2.24. The van der Waals surface area contributed by atoms with Crippen LogP contribution in [0.3, 0.4) is 0 Å². The predicted octanol–water partition coefficient (Wildman–Crippen LogP) is 4.63. The summed E-state index contributed by atoms with van der Waals surface area (Å²) in [5.41, 5.74) is 1.99. The fraction of sp³-hybridized carbons (Fsp3) is 0.222. The molecule has 0 amide bonds. The molecular weight excluding hydrogens is 367 g/mol. The van der Waals surface area contributed by atoms with Gasteiger partial charge in [0.25, 0.3) is 0 Å². The average molecular weight is 381 g/mol. The van der Waals surface area contributed by atoms with Crippen molar-refractivity contribution in [3.8, 4) is 17.1 Å². The maximum atomic E-state index is 12.0. The highest BCUT2D eigenvalue weighted by Crippen LogP contribution is 2.43. The van der Waals surface area contributed by atoms with Gasteiger partial charge in [-0.25, -0.2) is 0 Å². The van der Waals surface area contributed by atoms with Crippen LogP contribution in [0.5, 0.6) is 5.75 Å². The predicted molar refractivity (Wildman–Crippen MR) is 96.1 cm³/mol. The molecule has 1 aliphatic heterocycles. The molecule has 0 spiro atoms. The lowest BCUT2D eigenvalue weighted by Gasteiger charge is -2.18. The molecule has 2 N–H and O–H groups in total. The number of hydrogen-bond acceptors (Lipinski definition) is 4. The van der Waals surface area contributed by atoms with Gasteiger partial charge in [0.15, 0.2) is 11.3 Å². The molecule has 3 rings (SSSR count). The zero-order valence-corrected chi connectivity index (χ0v) is 14.7. The molecular formula is C18H14Cl2O5. The summed E-state index contributed by atoms with van der Waals surface area (Å²) in [5.74, 6) is -0.849. The molecule has 0 saturated carbocycles. The second kappa shape index (κ2) is 6.58. The third-order valence-electron chi connectivity index (χ3n) is 4.11. The maximum Gasteiger partial charge on any atom is 0.303 e. The van der Waals surface area contributed by atoms with Gasteiger partial charge >= 0.3 is 5.97 Å². The first kappa shape index (κ1) is 17.6. The Bertz CT molecular complexity index is 1020. The average Bonchev–Trinajstić information content (AvgIpc) is 2.55. The lowest BCUT2D eigenvalue weighted by Crippen LogP contribution is -2.08. The van der Waals surface area contributed by atoms with Crippen LogP contribution in [0.25, 0.3) is 22.3 Å². The summed E-state index contributed by atoms with van der Waals surface area (Å²) < 4.78 is 5.78. The van der Waals surface area contributed by atoms with E-state index in [0.717, 1.165) is 5.56 Å². The van der Waals surface area contributed by atoms with E-state index < -0.39 is 5.97 Å². The first-order chi connectivity index (χ1) is 11.8. The fourth-order valence-corrected chi connectivity index (χ4v) is 3.39. The van der Waals surface area contributed by atoms with Crippen molar-refractivity contribution in [2.75, 3.05) is 0 Å². The summed E-state index contributed by atoms with van der Waals surface area (Å²) in [6, 6.07) is 4.54. The molecule has 0 atom stereocenters. The van der Waals surface area contributed by atoms with Crippen molar-refractivity contribution >= 4 is 40.1 Å². The number of rotatable bonds is 4. The summed E-state index contributed by atoms with van der Waals surface area (Å²) >= 11 is 12.3. The number of hydrogen-bond donors (Lipinski definition) is 2. The van der Waals surface area contributed by atoms with Crippen molar-refractivity contribution in [1.82, 2.24) is 0 Å². The molecule has 0 fully saturated rings. The van der Waals surface area contributed by atoms with E-state index in [1.165, 1.54) is 12.1 Å². The van der Waals surface area contributed by atoms with Gasteiger partial charge in [0.2, 0.25) is 5.43 Å². The van der Waals surface area contributed by atoms with Crippen molar-refractivity contribution in [3.63, 3.8) is 0 Å². The van der Waals surface area contributed by atoms with Crippen LogP contribution in [0.2, 0.25) is 10.0 Å².